The van der Waals surface area contributed by atoms with Crippen LogP contribution < -0.4 is 0 Å². The number of nitrogens with zero attached hydrogens (tertiary/aromatic N) is 1. The van der Waals surface area contributed by atoms with Crippen LogP contribution in [0.5, 0.6) is 0 Å². The number of hydrogen-bond donors (Lipinski definition) is 1. The Hall–Kier alpha value is -0.190. The van der Waals surface area contributed by atoms with Crippen molar-refractivity contribution in [3.8, 4) is 0 Å². The summed E-state index contributed by atoms with van der Waals surface area (Å²) in [5, 5.41) is 11.7. The highest BCUT2D eigenvalue weighted by Crippen LogP contribution is 2.36. The predicted molar refractivity (Wildman–Crippen MR) is 77.5 cm³/mol. The van der Waals surface area contributed by atoms with Crippen LogP contribution in [-0.4, -0.2) is 26.0 Å². The molecule has 0 aliphatic rings. The Morgan fingerprint density at radius 2 is 1.88 bits per heavy atom. The molecular weight excluding hydrogens is 250 g/mol. The van der Waals surface area contributed by atoms with Crippen molar-refractivity contribution in [2.24, 2.45) is 5.92 Å². The number of aromatic nitrogens is 1. The Bertz CT molecular complexity index is 316. The van der Waals surface area contributed by atoms with E-state index in [0.29, 0.717) is 5.25 Å². The fourth-order valence-corrected chi connectivity index (χ4v) is 4.46. The summed E-state index contributed by atoms with van der Waals surface area (Å²) in [7, 11) is 0. The predicted octanol–water partition coefficient (Wildman–Crippen LogP) is 3.66. The maximum absolute atomic E-state index is 10.2. The second-order valence-corrected chi connectivity index (χ2v) is 7.76. The van der Waals surface area contributed by atoms with Crippen molar-refractivity contribution in [3.63, 3.8) is 0 Å². The summed E-state index contributed by atoms with van der Waals surface area (Å²) in [4.78, 5) is 4.31. The Kier molecular flexibility index (Phi) is 6.38. The van der Waals surface area contributed by atoms with E-state index in [9.17, 15) is 5.11 Å². The molecule has 17 heavy (non-hydrogen) atoms. The molecule has 1 aromatic rings. The first-order chi connectivity index (χ1) is 8.00. The summed E-state index contributed by atoms with van der Waals surface area (Å²) in [5.74, 6) is 0.266. The highest BCUT2D eigenvalue weighted by atomic mass is 32.2. The van der Waals surface area contributed by atoms with E-state index in [2.05, 4.69) is 32.7 Å². The lowest BCUT2D eigenvalue weighted by Crippen LogP contribution is -2.27. The van der Waals surface area contributed by atoms with Crippen LogP contribution in [0.25, 0.3) is 0 Å². The molecule has 2 nitrogen and oxygen atoms in total. The second kappa shape index (κ2) is 7.29. The summed E-state index contributed by atoms with van der Waals surface area (Å²) in [6.07, 6.45) is 1.48. The Morgan fingerprint density at radius 1 is 1.18 bits per heavy atom. The summed E-state index contributed by atoms with van der Waals surface area (Å²) in [6, 6.07) is 5.88. The first-order valence-corrected chi connectivity index (χ1v) is 7.74. The first-order valence-electron chi connectivity index (χ1n) is 5.92. The van der Waals surface area contributed by atoms with Crippen LogP contribution in [0.15, 0.2) is 29.4 Å². The van der Waals surface area contributed by atoms with Gasteiger partial charge in [0, 0.05) is 11.4 Å². The monoisotopic (exact) mass is 271 g/mol. The summed E-state index contributed by atoms with van der Waals surface area (Å²) in [6.45, 7) is 8.42. The summed E-state index contributed by atoms with van der Waals surface area (Å²) >= 11 is 3.46. The normalized spacial score (nSPS) is 15.2. The van der Waals surface area contributed by atoms with Gasteiger partial charge < -0.3 is 5.11 Å². The van der Waals surface area contributed by atoms with Gasteiger partial charge in [-0.3, -0.25) is 0 Å². The molecule has 0 amide bonds. The molecule has 0 saturated heterocycles. The minimum absolute atomic E-state index is 0.143. The smallest absolute Gasteiger partial charge is 0.0971 e. The van der Waals surface area contributed by atoms with Crippen LogP contribution in [0.4, 0.5) is 0 Å². The van der Waals surface area contributed by atoms with E-state index >= 15 is 0 Å². The maximum atomic E-state index is 10.2. The zero-order valence-electron chi connectivity index (χ0n) is 10.8. The Morgan fingerprint density at radius 3 is 2.35 bits per heavy atom. The standard InChI is InChI=1S/C13H21NOS2/c1-9(2)12(15)13(16-10(3)4)17-11-7-5-6-8-14-11/h5-10,12-13,15H,1-4H3/t12-,13+/m1/s1. The van der Waals surface area contributed by atoms with Crippen LogP contribution >= 0.6 is 23.5 Å². The molecule has 0 spiro atoms. The van der Waals surface area contributed by atoms with Crippen LogP contribution in [-0.2, 0) is 0 Å². The third-order valence-corrected chi connectivity index (χ3v) is 4.95. The van der Waals surface area contributed by atoms with E-state index in [4.69, 9.17) is 0 Å². The van der Waals surface area contributed by atoms with Gasteiger partial charge in [-0.05, 0) is 18.1 Å². The van der Waals surface area contributed by atoms with E-state index in [1.165, 1.54) is 0 Å². The number of pyridine rings is 1. The van der Waals surface area contributed by atoms with Gasteiger partial charge >= 0.3 is 0 Å². The lowest BCUT2D eigenvalue weighted by molar-refractivity contribution is 0.141. The van der Waals surface area contributed by atoms with Gasteiger partial charge in [0.1, 0.15) is 0 Å². The molecular formula is C13H21NOS2. The maximum Gasteiger partial charge on any atom is 0.0971 e. The molecule has 1 N–H and O–H groups in total. The van der Waals surface area contributed by atoms with E-state index in [1.807, 2.05) is 18.2 Å². The zero-order chi connectivity index (χ0) is 12.8. The molecule has 2 atom stereocenters. The van der Waals surface area contributed by atoms with Crippen molar-refractivity contribution >= 4 is 23.5 Å². The minimum atomic E-state index is -0.311. The molecule has 0 unspecified atom stereocenters. The van der Waals surface area contributed by atoms with E-state index in [-0.39, 0.29) is 16.6 Å². The van der Waals surface area contributed by atoms with Crippen molar-refractivity contribution < 1.29 is 5.11 Å². The molecule has 0 aliphatic carbocycles. The third kappa shape index (κ3) is 5.32. The van der Waals surface area contributed by atoms with Gasteiger partial charge in [-0.2, -0.15) is 0 Å². The van der Waals surface area contributed by atoms with Crippen molar-refractivity contribution in [1.82, 2.24) is 4.98 Å². The van der Waals surface area contributed by atoms with Crippen molar-refractivity contribution in [2.45, 2.75) is 48.7 Å². The summed E-state index contributed by atoms with van der Waals surface area (Å²) < 4.78 is 0.143. The van der Waals surface area contributed by atoms with Crippen molar-refractivity contribution in [2.75, 3.05) is 0 Å². The van der Waals surface area contributed by atoms with Crippen LogP contribution in [0.1, 0.15) is 27.7 Å². The molecule has 0 aliphatic heterocycles. The van der Waals surface area contributed by atoms with Crippen LogP contribution in [0, 0.1) is 5.92 Å². The molecule has 1 heterocycles. The van der Waals surface area contributed by atoms with Gasteiger partial charge in [-0.25, -0.2) is 4.98 Å². The number of hydrogen-bond acceptors (Lipinski definition) is 4. The fourth-order valence-electron chi connectivity index (χ4n) is 1.30. The van der Waals surface area contributed by atoms with Crippen molar-refractivity contribution in [3.05, 3.63) is 24.4 Å². The van der Waals surface area contributed by atoms with Crippen LogP contribution in [0.2, 0.25) is 0 Å². The molecule has 1 aromatic heterocycles. The molecule has 0 aromatic carbocycles. The SMILES string of the molecule is CC(C)S[C@@H](Sc1ccccn1)[C@H](O)C(C)C. The van der Waals surface area contributed by atoms with Crippen LogP contribution in [0.3, 0.4) is 0 Å². The lowest BCUT2D eigenvalue weighted by atomic mass is 10.1. The molecule has 0 fully saturated rings. The van der Waals surface area contributed by atoms with Gasteiger partial charge in [-0.15, -0.1) is 11.8 Å². The molecule has 0 bridgehead atoms. The lowest BCUT2D eigenvalue weighted by Gasteiger charge is -2.26. The van der Waals surface area contributed by atoms with Gasteiger partial charge in [-0.1, -0.05) is 45.5 Å². The fraction of sp³-hybridized carbons (Fsp3) is 0.615. The number of thioether (sulfide) groups is 2. The zero-order valence-corrected chi connectivity index (χ0v) is 12.5. The highest BCUT2D eigenvalue weighted by molar-refractivity contribution is 8.17. The highest BCUT2D eigenvalue weighted by Gasteiger charge is 2.25. The number of aliphatic hydroxyl groups excluding tert-OH is 1. The molecule has 0 radical (unpaired) electrons. The summed E-state index contributed by atoms with van der Waals surface area (Å²) in [5.41, 5.74) is 0. The van der Waals surface area contributed by atoms with E-state index < -0.39 is 0 Å². The topological polar surface area (TPSA) is 33.1 Å². The molecule has 0 saturated carbocycles. The average Bonchev–Trinajstić information content (AvgIpc) is 2.28. The van der Waals surface area contributed by atoms with Crippen molar-refractivity contribution in [1.29, 1.82) is 0 Å². The average molecular weight is 271 g/mol. The van der Waals surface area contributed by atoms with Gasteiger partial charge in [0.05, 0.1) is 15.7 Å². The second-order valence-electron chi connectivity index (χ2n) is 4.57. The number of aliphatic hydroxyl groups is 1. The first kappa shape index (κ1) is 14.9. The van der Waals surface area contributed by atoms with E-state index in [1.54, 1.807) is 29.7 Å². The largest absolute Gasteiger partial charge is 0.391 e. The molecule has 96 valence electrons. The quantitative estimate of drug-likeness (QED) is 0.632. The Balaban J connectivity index is 2.70. The third-order valence-electron chi connectivity index (χ3n) is 2.24. The van der Waals surface area contributed by atoms with Gasteiger partial charge in [0.15, 0.2) is 0 Å². The van der Waals surface area contributed by atoms with Gasteiger partial charge in [0.2, 0.25) is 0 Å². The van der Waals surface area contributed by atoms with E-state index in [0.717, 1.165) is 5.03 Å². The number of rotatable bonds is 6. The Labute approximate surface area is 113 Å². The molecule has 4 heteroatoms. The van der Waals surface area contributed by atoms with Gasteiger partial charge in [0.25, 0.3) is 0 Å². The minimum Gasteiger partial charge on any atom is -0.391 e. The molecule has 1 rings (SSSR count).